The molecular weight excluding hydrogens is 373 g/mol. The zero-order valence-corrected chi connectivity index (χ0v) is 17.1. The van der Waals surface area contributed by atoms with Crippen molar-refractivity contribution in [1.29, 1.82) is 0 Å². The van der Waals surface area contributed by atoms with Gasteiger partial charge in [-0.2, -0.15) is 0 Å². The van der Waals surface area contributed by atoms with E-state index in [2.05, 4.69) is 5.32 Å². The van der Waals surface area contributed by atoms with E-state index in [0.29, 0.717) is 31.2 Å². The highest BCUT2D eigenvalue weighted by Gasteiger charge is 2.41. The van der Waals surface area contributed by atoms with Crippen LogP contribution in [0.2, 0.25) is 0 Å². The number of carbonyl (C=O) groups excluding carboxylic acids is 1. The lowest BCUT2D eigenvalue weighted by molar-refractivity contribution is -0.176. The number of hydrogen-bond acceptors (Lipinski definition) is 4. The third-order valence-corrected chi connectivity index (χ3v) is 5.99. The van der Waals surface area contributed by atoms with Crippen LogP contribution in [0, 0.1) is 23.6 Å². The molecule has 1 heterocycles. The maximum atomic E-state index is 13.1. The van der Waals surface area contributed by atoms with Gasteiger partial charge in [-0.1, -0.05) is 25.0 Å². The summed E-state index contributed by atoms with van der Waals surface area (Å²) in [6, 6.07) is 6.07. The number of amides is 1. The number of nitrogens with one attached hydrogen (secondary N) is 1. The van der Waals surface area contributed by atoms with E-state index in [1.165, 1.54) is 25.0 Å². The van der Waals surface area contributed by atoms with E-state index in [1.54, 1.807) is 12.1 Å². The minimum absolute atomic E-state index is 0.138. The van der Waals surface area contributed by atoms with Gasteiger partial charge in [0.05, 0.1) is 0 Å². The average molecular weight is 406 g/mol. The summed E-state index contributed by atoms with van der Waals surface area (Å²) >= 11 is 0. The maximum absolute atomic E-state index is 13.1. The summed E-state index contributed by atoms with van der Waals surface area (Å²) in [5, 5.41) is 12.2. The molecule has 2 N–H and O–H groups in total. The first kappa shape index (κ1) is 21.8. The van der Waals surface area contributed by atoms with Gasteiger partial charge in [0, 0.05) is 25.7 Å². The van der Waals surface area contributed by atoms with Crippen molar-refractivity contribution in [2.24, 2.45) is 17.8 Å². The summed E-state index contributed by atoms with van der Waals surface area (Å²) in [7, 11) is 0. The van der Waals surface area contributed by atoms with Gasteiger partial charge in [-0.15, -0.1) is 0 Å². The van der Waals surface area contributed by atoms with Gasteiger partial charge in [0.25, 0.3) is 5.91 Å². The summed E-state index contributed by atoms with van der Waals surface area (Å²) < 4.78 is 24.9. The van der Waals surface area contributed by atoms with Gasteiger partial charge in [-0.05, 0) is 68.2 Å². The van der Waals surface area contributed by atoms with Crippen LogP contribution in [-0.2, 0) is 20.8 Å². The first-order valence-electron chi connectivity index (χ1n) is 10.8. The minimum Gasteiger partial charge on any atom is -0.459 e. The molecule has 0 saturated heterocycles. The van der Waals surface area contributed by atoms with Crippen molar-refractivity contribution in [2.45, 2.75) is 58.3 Å². The molecule has 0 aromatic heterocycles. The smallest absolute Gasteiger partial charge is 0.286 e. The van der Waals surface area contributed by atoms with Crippen molar-refractivity contribution in [1.82, 2.24) is 5.32 Å². The van der Waals surface area contributed by atoms with Crippen molar-refractivity contribution in [3.05, 3.63) is 47.5 Å². The molecule has 3 atom stereocenters. The van der Waals surface area contributed by atoms with Crippen molar-refractivity contribution < 1.29 is 23.8 Å². The number of aliphatic hydroxyl groups excluding tert-OH is 1. The molecular formula is C23H32FNO4. The van der Waals surface area contributed by atoms with Gasteiger partial charge < -0.3 is 19.9 Å². The van der Waals surface area contributed by atoms with Gasteiger partial charge in [-0.3, -0.25) is 4.79 Å². The predicted molar refractivity (Wildman–Crippen MR) is 108 cm³/mol. The number of aliphatic hydroxyl groups is 1. The van der Waals surface area contributed by atoms with Crippen LogP contribution in [0.25, 0.3) is 0 Å². The van der Waals surface area contributed by atoms with E-state index in [4.69, 9.17) is 9.47 Å². The zero-order chi connectivity index (χ0) is 20.6. The average Bonchev–Trinajstić information content (AvgIpc) is 3.26. The predicted octanol–water partition coefficient (Wildman–Crippen LogP) is 3.91. The van der Waals surface area contributed by atoms with Crippen LogP contribution >= 0.6 is 0 Å². The number of halogens is 1. The lowest BCUT2D eigenvalue weighted by Crippen LogP contribution is -2.41. The van der Waals surface area contributed by atoms with E-state index >= 15 is 0 Å². The molecule has 0 spiro atoms. The standard InChI is InChI=1S/C23H32FNO4/c1-2-28-23-19(8-5-13-26)20(17-6-3-4-7-17)14-21(29-23)22(27)25-15-16-9-11-18(24)12-10-16/h9-12,14,17,19-20,23,26H,2-8,13,15H2,1H3,(H,25,27)/t19-,20+,23+/m0/s1. The fraction of sp³-hybridized carbons (Fsp3) is 0.609. The second kappa shape index (κ2) is 10.7. The van der Waals surface area contributed by atoms with Crippen molar-refractivity contribution >= 4 is 5.91 Å². The second-order valence-corrected chi connectivity index (χ2v) is 7.93. The third kappa shape index (κ3) is 5.80. The van der Waals surface area contributed by atoms with Crippen LogP contribution in [0.5, 0.6) is 0 Å². The number of ether oxygens (including phenoxy) is 2. The SMILES string of the molecule is CCO[C@@H]1OC(C(=O)NCc2ccc(F)cc2)=C[C@H](C2CCCC2)[C@@H]1CCCO. The van der Waals surface area contributed by atoms with Crippen LogP contribution in [0.1, 0.15) is 51.0 Å². The van der Waals surface area contributed by atoms with Crippen LogP contribution in [0.4, 0.5) is 4.39 Å². The molecule has 0 bridgehead atoms. The fourth-order valence-electron chi connectivity index (χ4n) is 4.54. The molecule has 6 heteroatoms. The van der Waals surface area contributed by atoms with Crippen molar-refractivity contribution in [3.63, 3.8) is 0 Å². The maximum Gasteiger partial charge on any atom is 0.286 e. The van der Waals surface area contributed by atoms with E-state index in [9.17, 15) is 14.3 Å². The first-order chi connectivity index (χ1) is 14.1. The lowest BCUT2D eigenvalue weighted by Gasteiger charge is -2.39. The van der Waals surface area contributed by atoms with Gasteiger partial charge in [-0.25, -0.2) is 4.39 Å². The van der Waals surface area contributed by atoms with Crippen molar-refractivity contribution in [2.75, 3.05) is 13.2 Å². The highest BCUT2D eigenvalue weighted by Crippen LogP contribution is 2.43. The van der Waals surface area contributed by atoms with Gasteiger partial charge >= 0.3 is 0 Å². The molecule has 29 heavy (non-hydrogen) atoms. The summed E-state index contributed by atoms with van der Waals surface area (Å²) in [5.74, 6) is 0.599. The van der Waals surface area contributed by atoms with Gasteiger partial charge in [0.15, 0.2) is 5.76 Å². The third-order valence-electron chi connectivity index (χ3n) is 5.99. The summed E-state index contributed by atoms with van der Waals surface area (Å²) in [6.45, 7) is 2.87. The Kier molecular flexibility index (Phi) is 8.07. The van der Waals surface area contributed by atoms with Crippen LogP contribution in [0.3, 0.4) is 0 Å². The Balaban J connectivity index is 1.74. The Bertz CT molecular complexity index is 685. The van der Waals surface area contributed by atoms with Crippen LogP contribution in [0.15, 0.2) is 36.1 Å². The minimum atomic E-state index is -0.478. The van der Waals surface area contributed by atoms with Gasteiger partial charge in [0.2, 0.25) is 6.29 Å². The molecule has 3 rings (SSSR count). The number of carbonyl (C=O) groups is 1. The van der Waals surface area contributed by atoms with E-state index in [-0.39, 0.29) is 30.2 Å². The Hall–Kier alpha value is -1.92. The van der Waals surface area contributed by atoms with E-state index < -0.39 is 6.29 Å². The zero-order valence-electron chi connectivity index (χ0n) is 17.1. The normalized spacial score (nSPS) is 24.8. The summed E-state index contributed by atoms with van der Waals surface area (Å²) in [5.41, 5.74) is 0.825. The largest absolute Gasteiger partial charge is 0.459 e. The Morgan fingerprint density at radius 3 is 2.66 bits per heavy atom. The summed E-state index contributed by atoms with van der Waals surface area (Å²) in [6.07, 6.45) is 7.74. The molecule has 160 valence electrons. The van der Waals surface area contributed by atoms with Crippen molar-refractivity contribution in [3.8, 4) is 0 Å². The van der Waals surface area contributed by atoms with Gasteiger partial charge in [0.1, 0.15) is 5.82 Å². The lowest BCUT2D eigenvalue weighted by atomic mass is 9.76. The molecule has 0 unspecified atom stereocenters. The first-order valence-corrected chi connectivity index (χ1v) is 10.8. The summed E-state index contributed by atoms with van der Waals surface area (Å²) in [4.78, 5) is 12.8. The Morgan fingerprint density at radius 1 is 1.28 bits per heavy atom. The van der Waals surface area contributed by atoms with Crippen LogP contribution < -0.4 is 5.32 Å². The Labute approximate surface area is 172 Å². The molecule has 5 nitrogen and oxygen atoms in total. The highest BCUT2D eigenvalue weighted by molar-refractivity contribution is 5.91. The fourth-order valence-corrected chi connectivity index (χ4v) is 4.54. The Morgan fingerprint density at radius 2 is 2.00 bits per heavy atom. The quantitative estimate of drug-likeness (QED) is 0.654. The molecule has 1 aromatic rings. The number of hydrogen-bond donors (Lipinski definition) is 2. The molecule has 0 radical (unpaired) electrons. The number of allylic oxidation sites excluding steroid dienone is 1. The molecule has 1 aliphatic heterocycles. The van der Waals surface area contributed by atoms with E-state index in [1.807, 2.05) is 13.0 Å². The van der Waals surface area contributed by atoms with E-state index in [0.717, 1.165) is 24.8 Å². The monoisotopic (exact) mass is 405 g/mol. The number of rotatable bonds is 9. The molecule has 1 fully saturated rings. The topological polar surface area (TPSA) is 67.8 Å². The molecule has 1 saturated carbocycles. The molecule has 1 aliphatic carbocycles. The highest BCUT2D eigenvalue weighted by atomic mass is 19.1. The molecule has 1 amide bonds. The number of benzene rings is 1. The van der Waals surface area contributed by atoms with Crippen LogP contribution in [-0.4, -0.2) is 30.5 Å². The molecule has 1 aromatic carbocycles. The molecule has 2 aliphatic rings. The second-order valence-electron chi connectivity index (χ2n) is 7.93.